The first-order chi connectivity index (χ1) is 9.53. The van der Waals surface area contributed by atoms with Crippen molar-refractivity contribution >= 4 is 0 Å². The summed E-state index contributed by atoms with van der Waals surface area (Å²) in [7, 11) is 0. The Morgan fingerprint density at radius 1 is 1.10 bits per heavy atom. The van der Waals surface area contributed by atoms with Crippen LogP contribution in [0.1, 0.15) is 57.6 Å². The summed E-state index contributed by atoms with van der Waals surface area (Å²) in [6, 6.07) is 8.76. The van der Waals surface area contributed by atoms with Crippen molar-refractivity contribution in [3.05, 3.63) is 35.4 Å². The van der Waals surface area contributed by atoms with Gasteiger partial charge in [-0.25, -0.2) is 0 Å². The van der Waals surface area contributed by atoms with Crippen molar-refractivity contribution in [2.24, 2.45) is 5.92 Å². The van der Waals surface area contributed by atoms with Crippen molar-refractivity contribution in [2.45, 2.75) is 65.1 Å². The van der Waals surface area contributed by atoms with Gasteiger partial charge in [-0.3, -0.25) is 0 Å². The Balaban J connectivity index is 1.65. The summed E-state index contributed by atoms with van der Waals surface area (Å²) in [5.41, 5.74) is 2.78. The molecule has 0 unspecified atom stereocenters. The Labute approximate surface area is 123 Å². The van der Waals surface area contributed by atoms with Crippen molar-refractivity contribution < 1.29 is 4.74 Å². The van der Waals surface area contributed by atoms with E-state index < -0.39 is 0 Å². The van der Waals surface area contributed by atoms with Crippen LogP contribution in [-0.4, -0.2) is 12.1 Å². The van der Waals surface area contributed by atoms with E-state index in [2.05, 4.69) is 50.4 Å². The zero-order valence-corrected chi connectivity index (χ0v) is 13.2. The van der Waals surface area contributed by atoms with Gasteiger partial charge in [-0.05, 0) is 44.2 Å². The van der Waals surface area contributed by atoms with E-state index in [1.54, 1.807) is 0 Å². The lowest BCUT2D eigenvalue weighted by Crippen LogP contribution is -2.35. The fraction of sp³-hybridized carbons (Fsp3) is 0.667. The van der Waals surface area contributed by atoms with E-state index in [1.165, 1.54) is 36.8 Å². The zero-order valence-electron chi connectivity index (χ0n) is 13.2. The number of benzene rings is 1. The summed E-state index contributed by atoms with van der Waals surface area (Å²) < 4.78 is 5.76. The fourth-order valence-corrected chi connectivity index (χ4v) is 2.34. The van der Waals surface area contributed by atoms with Crippen LogP contribution < -0.4 is 5.32 Å². The van der Waals surface area contributed by atoms with Crippen LogP contribution in [0.25, 0.3) is 0 Å². The van der Waals surface area contributed by atoms with Crippen LogP contribution in [0.15, 0.2) is 24.3 Å². The Bertz CT molecular complexity index is 387. The smallest absolute Gasteiger partial charge is 0.0716 e. The molecule has 20 heavy (non-hydrogen) atoms. The standard InChI is InChI=1S/C18H29NO/c1-18(2,3)19-13-16-7-9-17(10-8-16)14-20-12-11-15-5-4-6-15/h7-10,15,19H,4-6,11-14H2,1-3H3. The van der Waals surface area contributed by atoms with E-state index in [0.29, 0.717) is 0 Å². The van der Waals surface area contributed by atoms with Crippen molar-refractivity contribution in [3.8, 4) is 0 Å². The van der Waals surface area contributed by atoms with Gasteiger partial charge >= 0.3 is 0 Å². The lowest BCUT2D eigenvalue weighted by Gasteiger charge is -2.24. The number of hydrogen-bond acceptors (Lipinski definition) is 2. The molecule has 1 aliphatic carbocycles. The minimum absolute atomic E-state index is 0.170. The first kappa shape index (κ1) is 15.5. The van der Waals surface area contributed by atoms with Gasteiger partial charge in [0.05, 0.1) is 6.61 Å². The maximum atomic E-state index is 5.76. The third kappa shape index (κ3) is 5.64. The molecular formula is C18H29NO. The van der Waals surface area contributed by atoms with Gasteiger partial charge in [0.15, 0.2) is 0 Å². The van der Waals surface area contributed by atoms with Crippen molar-refractivity contribution in [3.63, 3.8) is 0 Å². The third-order valence-corrected chi connectivity index (χ3v) is 4.01. The monoisotopic (exact) mass is 275 g/mol. The van der Waals surface area contributed by atoms with E-state index in [-0.39, 0.29) is 5.54 Å². The molecule has 0 heterocycles. The molecule has 0 aliphatic heterocycles. The fourth-order valence-electron chi connectivity index (χ4n) is 2.34. The molecular weight excluding hydrogens is 246 g/mol. The predicted molar refractivity (Wildman–Crippen MR) is 84.6 cm³/mol. The van der Waals surface area contributed by atoms with Crippen LogP contribution in [0.3, 0.4) is 0 Å². The topological polar surface area (TPSA) is 21.3 Å². The molecule has 0 amide bonds. The molecule has 0 aromatic heterocycles. The normalized spacial score (nSPS) is 16.1. The van der Waals surface area contributed by atoms with Crippen molar-refractivity contribution in [2.75, 3.05) is 6.61 Å². The molecule has 1 aliphatic rings. The van der Waals surface area contributed by atoms with E-state index in [1.807, 2.05) is 0 Å². The molecule has 0 saturated heterocycles. The van der Waals surface area contributed by atoms with Crippen LogP contribution in [-0.2, 0) is 17.9 Å². The van der Waals surface area contributed by atoms with Crippen molar-refractivity contribution in [1.82, 2.24) is 5.32 Å². The first-order valence-corrected chi connectivity index (χ1v) is 7.93. The van der Waals surface area contributed by atoms with E-state index in [4.69, 9.17) is 4.74 Å². The second kappa shape index (κ2) is 7.24. The average Bonchev–Trinajstić information content (AvgIpc) is 2.34. The van der Waals surface area contributed by atoms with E-state index in [0.717, 1.165) is 25.7 Å². The maximum absolute atomic E-state index is 5.76. The summed E-state index contributed by atoms with van der Waals surface area (Å²) >= 11 is 0. The first-order valence-electron chi connectivity index (χ1n) is 7.93. The van der Waals surface area contributed by atoms with Crippen LogP contribution in [0.2, 0.25) is 0 Å². The number of nitrogens with one attached hydrogen (secondary N) is 1. The lowest BCUT2D eigenvalue weighted by molar-refractivity contribution is 0.0950. The quantitative estimate of drug-likeness (QED) is 0.750. The lowest BCUT2D eigenvalue weighted by atomic mass is 9.83. The molecule has 1 saturated carbocycles. The number of rotatable bonds is 7. The highest BCUT2D eigenvalue weighted by atomic mass is 16.5. The Hall–Kier alpha value is -0.860. The minimum atomic E-state index is 0.170. The van der Waals surface area contributed by atoms with E-state index >= 15 is 0 Å². The largest absolute Gasteiger partial charge is 0.377 e. The summed E-state index contributed by atoms with van der Waals surface area (Å²) in [5, 5.41) is 3.50. The number of hydrogen-bond donors (Lipinski definition) is 1. The molecule has 0 atom stereocenters. The van der Waals surface area contributed by atoms with E-state index in [9.17, 15) is 0 Å². The molecule has 2 nitrogen and oxygen atoms in total. The summed E-state index contributed by atoms with van der Waals surface area (Å²) in [5.74, 6) is 0.945. The molecule has 1 aromatic carbocycles. The van der Waals surface area contributed by atoms with Gasteiger partial charge in [-0.15, -0.1) is 0 Å². The summed E-state index contributed by atoms with van der Waals surface area (Å²) in [6.07, 6.45) is 5.50. The summed E-state index contributed by atoms with van der Waals surface area (Å²) in [4.78, 5) is 0. The highest BCUT2D eigenvalue weighted by Crippen LogP contribution is 2.29. The molecule has 2 heteroatoms. The third-order valence-electron chi connectivity index (χ3n) is 4.01. The average molecular weight is 275 g/mol. The molecule has 0 spiro atoms. The van der Waals surface area contributed by atoms with Gasteiger partial charge in [0.25, 0.3) is 0 Å². The highest BCUT2D eigenvalue weighted by Gasteiger charge is 2.16. The van der Waals surface area contributed by atoms with Crippen LogP contribution in [0.5, 0.6) is 0 Å². The van der Waals surface area contributed by atoms with Crippen LogP contribution in [0, 0.1) is 5.92 Å². The molecule has 112 valence electrons. The second-order valence-electron chi connectivity index (χ2n) is 7.06. The SMILES string of the molecule is CC(C)(C)NCc1ccc(COCCC2CCC2)cc1. The van der Waals surface area contributed by atoms with Gasteiger partial charge in [0.2, 0.25) is 0 Å². The Morgan fingerprint density at radius 2 is 1.75 bits per heavy atom. The molecule has 2 rings (SSSR count). The molecule has 0 bridgehead atoms. The van der Waals surface area contributed by atoms with Gasteiger partial charge in [0, 0.05) is 18.7 Å². The predicted octanol–water partition coefficient (Wildman–Crippen LogP) is 4.28. The van der Waals surface area contributed by atoms with Gasteiger partial charge in [0.1, 0.15) is 0 Å². The number of ether oxygens (including phenoxy) is 1. The Morgan fingerprint density at radius 3 is 2.30 bits per heavy atom. The molecule has 1 aromatic rings. The van der Waals surface area contributed by atoms with Crippen LogP contribution in [0.4, 0.5) is 0 Å². The van der Waals surface area contributed by atoms with Gasteiger partial charge in [-0.2, -0.15) is 0 Å². The Kier molecular flexibility index (Phi) is 5.62. The minimum Gasteiger partial charge on any atom is -0.377 e. The van der Waals surface area contributed by atoms with Gasteiger partial charge < -0.3 is 10.1 Å². The molecule has 0 radical (unpaired) electrons. The molecule has 1 fully saturated rings. The van der Waals surface area contributed by atoms with Crippen molar-refractivity contribution in [1.29, 1.82) is 0 Å². The second-order valence-corrected chi connectivity index (χ2v) is 7.06. The van der Waals surface area contributed by atoms with Gasteiger partial charge in [-0.1, -0.05) is 43.5 Å². The van der Waals surface area contributed by atoms with Crippen LogP contribution >= 0.6 is 0 Å². The molecule has 1 N–H and O–H groups in total. The summed E-state index contributed by atoms with van der Waals surface area (Å²) in [6.45, 7) is 9.16. The zero-order chi connectivity index (χ0) is 14.4. The maximum Gasteiger partial charge on any atom is 0.0716 e. The highest BCUT2D eigenvalue weighted by molar-refractivity contribution is 5.22.